The molecule has 0 aromatic carbocycles. The summed E-state index contributed by atoms with van der Waals surface area (Å²) < 4.78 is 6.97. The lowest BCUT2D eigenvalue weighted by Gasteiger charge is -2.13. The van der Waals surface area contributed by atoms with Gasteiger partial charge in [-0.05, 0) is 31.2 Å². The van der Waals surface area contributed by atoms with Crippen LogP contribution in [0.1, 0.15) is 18.7 Å². The summed E-state index contributed by atoms with van der Waals surface area (Å²) in [6.45, 7) is 2.98. The number of aromatic nitrogens is 2. The maximum absolute atomic E-state index is 13.1. The van der Waals surface area contributed by atoms with Crippen LogP contribution < -0.4 is 10.9 Å². The van der Waals surface area contributed by atoms with E-state index in [2.05, 4.69) is 10.3 Å². The van der Waals surface area contributed by atoms with Gasteiger partial charge in [-0.2, -0.15) is 0 Å². The molecule has 0 bridgehead atoms. The normalized spacial score (nSPS) is 17.0. The number of amides is 1. The molecule has 26 heavy (non-hydrogen) atoms. The summed E-state index contributed by atoms with van der Waals surface area (Å²) in [5, 5.41) is 7.41. The summed E-state index contributed by atoms with van der Waals surface area (Å²) in [5.41, 5.74) is 0.732. The molecular formula is C18H19N3O3S2. The molecule has 4 heterocycles. The molecule has 0 aliphatic carbocycles. The van der Waals surface area contributed by atoms with Crippen LogP contribution >= 0.6 is 22.7 Å². The van der Waals surface area contributed by atoms with Gasteiger partial charge < -0.3 is 10.1 Å². The molecule has 0 radical (unpaired) electrons. The fraction of sp³-hybridized carbons (Fsp3) is 0.389. The number of hydrogen-bond donors (Lipinski definition) is 1. The van der Waals surface area contributed by atoms with Gasteiger partial charge in [-0.15, -0.1) is 22.7 Å². The van der Waals surface area contributed by atoms with Gasteiger partial charge >= 0.3 is 0 Å². The quantitative estimate of drug-likeness (QED) is 0.728. The summed E-state index contributed by atoms with van der Waals surface area (Å²) in [6.07, 6.45) is 2.08. The van der Waals surface area contributed by atoms with Gasteiger partial charge in [-0.25, -0.2) is 4.98 Å². The van der Waals surface area contributed by atoms with E-state index in [0.29, 0.717) is 22.6 Å². The van der Waals surface area contributed by atoms with Crippen LogP contribution in [0.5, 0.6) is 0 Å². The average Bonchev–Trinajstić information content (AvgIpc) is 3.37. The minimum absolute atomic E-state index is 0.0277. The topological polar surface area (TPSA) is 73.2 Å². The Hall–Kier alpha value is -2.03. The highest BCUT2D eigenvalue weighted by molar-refractivity contribution is 7.18. The predicted molar refractivity (Wildman–Crippen MR) is 104 cm³/mol. The van der Waals surface area contributed by atoms with Crippen LogP contribution in [0.15, 0.2) is 27.7 Å². The van der Waals surface area contributed by atoms with Crippen molar-refractivity contribution in [1.82, 2.24) is 14.9 Å². The molecule has 1 aliphatic rings. The van der Waals surface area contributed by atoms with Gasteiger partial charge in [0.25, 0.3) is 5.56 Å². The zero-order valence-corrected chi connectivity index (χ0v) is 16.0. The molecular weight excluding hydrogens is 370 g/mol. The molecule has 1 fully saturated rings. The summed E-state index contributed by atoms with van der Waals surface area (Å²) in [4.78, 5) is 31.7. The number of thiophene rings is 2. The predicted octanol–water partition coefficient (Wildman–Crippen LogP) is 2.79. The third kappa shape index (κ3) is 3.32. The number of hydrogen-bond acceptors (Lipinski definition) is 6. The van der Waals surface area contributed by atoms with Crippen molar-refractivity contribution in [3.8, 4) is 10.4 Å². The summed E-state index contributed by atoms with van der Waals surface area (Å²) >= 11 is 3.05. The second-order valence-electron chi connectivity index (χ2n) is 6.30. The molecule has 1 amide bonds. The molecule has 0 saturated carbocycles. The Bertz CT molecular complexity index is 985. The van der Waals surface area contributed by atoms with Gasteiger partial charge in [0.05, 0.1) is 11.5 Å². The molecule has 1 aliphatic heterocycles. The van der Waals surface area contributed by atoms with E-state index < -0.39 is 0 Å². The van der Waals surface area contributed by atoms with Crippen LogP contribution in [0, 0.1) is 6.92 Å². The highest BCUT2D eigenvalue weighted by Crippen LogP contribution is 2.33. The Morgan fingerprint density at radius 3 is 3.08 bits per heavy atom. The number of carbonyl (C=O) groups excluding carboxylic acids is 1. The molecule has 0 spiro atoms. The van der Waals surface area contributed by atoms with E-state index in [9.17, 15) is 9.59 Å². The molecule has 4 rings (SSSR count). The maximum Gasteiger partial charge on any atom is 0.263 e. The Kier molecular flexibility index (Phi) is 4.88. The van der Waals surface area contributed by atoms with E-state index in [-0.39, 0.29) is 24.1 Å². The van der Waals surface area contributed by atoms with Crippen molar-refractivity contribution >= 4 is 38.8 Å². The van der Waals surface area contributed by atoms with Crippen molar-refractivity contribution in [2.75, 3.05) is 13.2 Å². The minimum atomic E-state index is -0.195. The van der Waals surface area contributed by atoms with Crippen molar-refractivity contribution in [2.24, 2.45) is 0 Å². The number of nitrogens with zero attached hydrogens (tertiary/aromatic N) is 2. The minimum Gasteiger partial charge on any atom is -0.376 e. The average molecular weight is 390 g/mol. The van der Waals surface area contributed by atoms with E-state index in [1.54, 1.807) is 18.3 Å². The summed E-state index contributed by atoms with van der Waals surface area (Å²) in [7, 11) is 0. The maximum atomic E-state index is 13.1. The molecule has 3 aromatic heterocycles. The lowest BCUT2D eigenvalue weighted by atomic mass is 10.2. The first-order valence-corrected chi connectivity index (χ1v) is 10.3. The first kappa shape index (κ1) is 17.4. The standard InChI is InChI=1S/C18H19N3O3S2/c1-11-20-17-16(13(10-26-17)14-5-3-7-25-14)18(23)21(11)9-15(22)19-8-12-4-2-6-24-12/h3,5,7,10,12H,2,4,6,8-9H2,1H3,(H,19,22)/t12-/m0/s1. The molecule has 136 valence electrons. The zero-order valence-electron chi connectivity index (χ0n) is 14.4. The third-order valence-corrected chi connectivity index (χ3v) is 6.30. The van der Waals surface area contributed by atoms with E-state index in [1.165, 1.54) is 15.9 Å². The number of fused-ring (bicyclic) bond motifs is 1. The second kappa shape index (κ2) is 7.30. The lowest BCUT2D eigenvalue weighted by Crippen LogP contribution is -2.37. The Morgan fingerprint density at radius 2 is 2.35 bits per heavy atom. The SMILES string of the molecule is Cc1nc2scc(-c3cccs3)c2c(=O)n1CC(=O)NC[C@@H]1CCCO1. The number of nitrogens with one attached hydrogen (secondary N) is 1. The van der Waals surface area contributed by atoms with Crippen LogP contribution in [0.3, 0.4) is 0 Å². The Balaban J connectivity index is 1.61. The molecule has 1 saturated heterocycles. The van der Waals surface area contributed by atoms with Crippen molar-refractivity contribution in [2.45, 2.75) is 32.4 Å². The molecule has 0 unspecified atom stereocenters. The number of rotatable bonds is 5. The van der Waals surface area contributed by atoms with Crippen LogP contribution in [0.25, 0.3) is 20.7 Å². The fourth-order valence-electron chi connectivity index (χ4n) is 3.16. The van der Waals surface area contributed by atoms with Crippen LogP contribution in [-0.4, -0.2) is 34.7 Å². The van der Waals surface area contributed by atoms with Gasteiger partial charge in [-0.1, -0.05) is 6.07 Å². The summed E-state index contributed by atoms with van der Waals surface area (Å²) in [5.74, 6) is 0.356. The third-order valence-electron chi connectivity index (χ3n) is 4.52. The van der Waals surface area contributed by atoms with Crippen LogP contribution in [0.2, 0.25) is 0 Å². The molecule has 1 atom stereocenters. The lowest BCUT2D eigenvalue weighted by molar-refractivity contribution is -0.122. The zero-order chi connectivity index (χ0) is 18.1. The van der Waals surface area contributed by atoms with Gasteiger partial charge in [-0.3, -0.25) is 14.2 Å². The smallest absolute Gasteiger partial charge is 0.263 e. The van der Waals surface area contributed by atoms with E-state index in [1.807, 2.05) is 22.9 Å². The van der Waals surface area contributed by atoms with Gasteiger partial charge in [0.1, 0.15) is 17.2 Å². The Labute approximate surface area is 158 Å². The van der Waals surface area contributed by atoms with Crippen molar-refractivity contribution in [3.63, 3.8) is 0 Å². The molecule has 8 heteroatoms. The largest absolute Gasteiger partial charge is 0.376 e. The monoisotopic (exact) mass is 389 g/mol. The van der Waals surface area contributed by atoms with Crippen molar-refractivity contribution < 1.29 is 9.53 Å². The van der Waals surface area contributed by atoms with Gasteiger partial charge in [0, 0.05) is 29.0 Å². The molecule has 3 aromatic rings. The fourth-order valence-corrected chi connectivity index (χ4v) is 4.96. The first-order chi connectivity index (χ1) is 12.6. The highest BCUT2D eigenvalue weighted by atomic mass is 32.1. The number of aryl methyl sites for hydroxylation is 1. The van der Waals surface area contributed by atoms with Crippen LogP contribution in [0.4, 0.5) is 0 Å². The molecule has 1 N–H and O–H groups in total. The first-order valence-electron chi connectivity index (χ1n) is 8.54. The molecule has 6 nitrogen and oxygen atoms in total. The summed E-state index contributed by atoms with van der Waals surface area (Å²) in [6, 6.07) is 3.95. The van der Waals surface area contributed by atoms with Crippen LogP contribution in [-0.2, 0) is 16.1 Å². The second-order valence-corrected chi connectivity index (χ2v) is 8.10. The van der Waals surface area contributed by atoms with Crippen molar-refractivity contribution in [1.29, 1.82) is 0 Å². The van der Waals surface area contributed by atoms with Gasteiger partial charge in [0.2, 0.25) is 5.91 Å². The number of carbonyl (C=O) groups is 1. The van der Waals surface area contributed by atoms with E-state index in [0.717, 1.165) is 29.9 Å². The van der Waals surface area contributed by atoms with Crippen molar-refractivity contribution in [3.05, 3.63) is 39.1 Å². The van der Waals surface area contributed by atoms with Gasteiger partial charge in [0.15, 0.2) is 0 Å². The van der Waals surface area contributed by atoms with E-state index in [4.69, 9.17) is 4.74 Å². The van der Waals surface area contributed by atoms with E-state index >= 15 is 0 Å². The Morgan fingerprint density at radius 1 is 1.46 bits per heavy atom. The highest BCUT2D eigenvalue weighted by Gasteiger charge is 2.19. The number of ether oxygens (including phenoxy) is 1.